The van der Waals surface area contributed by atoms with E-state index in [2.05, 4.69) is 5.32 Å². The number of rotatable bonds is 5. The van der Waals surface area contributed by atoms with Gasteiger partial charge in [0.1, 0.15) is 5.60 Å². The molecule has 0 aromatic rings. The van der Waals surface area contributed by atoms with Gasteiger partial charge in [0.15, 0.2) is 11.6 Å². The first-order chi connectivity index (χ1) is 11.6. The van der Waals surface area contributed by atoms with Crippen molar-refractivity contribution in [2.45, 2.75) is 84.3 Å². The maximum Gasteiger partial charge on any atom is 0.251 e. The molecule has 1 amide bonds. The number of carbonyl (C=O) groups is 3. The predicted octanol–water partition coefficient (Wildman–Crippen LogP) is 2.77. The fraction of sp³-hybridized carbons (Fsp3) is 0.650. The Kier molecular flexibility index (Phi) is 5.99. The van der Waals surface area contributed by atoms with Crippen molar-refractivity contribution in [3.05, 3.63) is 22.3 Å². The van der Waals surface area contributed by atoms with Crippen LogP contribution in [0.2, 0.25) is 0 Å². The highest BCUT2D eigenvalue weighted by molar-refractivity contribution is 6.24. The van der Waals surface area contributed by atoms with Crippen LogP contribution in [0.5, 0.6) is 0 Å². The highest BCUT2D eigenvalue weighted by Crippen LogP contribution is 2.29. The zero-order chi connectivity index (χ0) is 18.8. The largest absolute Gasteiger partial charge is 0.380 e. The van der Waals surface area contributed by atoms with Crippen LogP contribution < -0.4 is 5.32 Å². The zero-order valence-electron chi connectivity index (χ0n) is 15.7. The Bertz CT molecular complexity index is 649. The van der Waals surface area contributed by atoms with E-state index in [1.54, 1.807) is 20.8 Å². The van der Waals surface area contributed by atoms with Crippen LogP contribution in [-0.4, -0.2) is 34.2 Å². The Labute approximate surface area is 149 Å². The van der Waals surface area contributed by atoms with Gasteiger partial charge in [-0.3, -0.25) is 14.4 Å². The summed E-state index contributed by atoms with van der Waals surface area (Å²) in [5, 5.41) is 13.5. The Balaban J connectivity index is 2.02. The van der Waals surface area contributed by atoms with Crippen molar-refractivity contribution in [3.63, 3.8) is 0 Å². The molecule has 0 aromatic carbocycles. The quantitative estimate of drug-likeness (QED) is 0.749. The van der Waals surface area contributed by atoms with Crippen LogP contribution in [0.1, 0.15) is 72.6 Å². The van der Waals surface area contributed by atoms with Crippen molar-refractivity contribution in [1.29, 1.82) is 0 Å². The maximum atomic E-state index is 12.4. The highest BCUT2D eigenvalue weighted by atomic mass is 16.3. The molecule has 0 radical (unpaired) electrons. The number of Topliss-reactive ketones (excluding diaryl/α,β-unsaturated/α-hetero) is 2. The van der Waals surface area contributed by atoms with Crippen molar-refractivity contribution in [1.82, 2.24) is 5.32 Å². The van der Waals surface area contributed by atoms with Gasteiger partial charge in [0.2, 0.25) is 0 Å². The third kappa shape index (κ3) is 4.27. The summed E-state index contributed by atoms with van der Waals surface area (Å²) in [7, 11) is 0. The van der Waals surface area contributed by atoms with Gasteiger partial charge < -0.3 is 10.4 Å². The minimum absolute atomic E-state index is 0.115. The topological polar surface area (TPSA) is 83.5 Å². The summed E-state index contributed by atoms with van der Waals surface area (Å²) >= 11 is 0. The van der Waals surface area contributed by atoms with Gasteiger partial charge in [0, 0.05) is 28.3 Å². The van der Waals surface area contributed by atoms with Crippen LogP contribution in [0.25, 0.3) is 0 Å². The first kappa shape index (κ1) is 19.6. The lowest BCUT2D eigenvalue weighted by Gasteiger charge is -2.29. The molecule has 0 saturated heterocycles. The second-order valence-electron chi connectivity index (χ2n) is 7.59. The lowest BCUT2D eigenvalue weighted by Crippen LogP contribution is -2.49. The van der Waals surface area contributed by atoms with E-state index in [1.165, 1.54) is 13.3 Å². The van der Waals surface area contributed by atoms with E-state index in [0.29, 0.717) is 22.3 Å². The molecule has 5 heteroatoms. The molecule has 2 rings (SSSR count). The second kappa shape index (κ2) is 7.65. The molecule has 1 fully saturated rings. The molecule has 0 bridgehead atoms. The summed E-state index contributed by atoms with van der Waals surface area (Å²) in [6, 6.07) is 0.124. The van der Waals surface area contributed by atoms with Gasteiger partial charge in [-0.05, 0) is 53.4 Å². The molecule has 5 nitrogen and oxygen atoms in total. The van der Waals surface area contributed by atoms with E-state index in [4.69, 9.17) is 0 Å². The molecule has 0 aliphatic heterocycles. The van der Waals surface area contributed by atoms with Crippen LogP contribution in [0.15, 0.2) is 22.3 Å². The number of nitrogens with one attached hydrogen (secondary N) is 1. The SMILES string of the molecule is CC1=C(C)C(=O)C(CC[C@@](C)(O)C(=O)NC2CCCCC2)=C(C)C1=O. The molecule has 2 aliphatic rings. The fourth-order valence-electron chi connectivity index (χ4n) is 3.53. The van der Waals surface area contributed by atoms with Crippen LogP contribution >= 0.6 is 0 Å². The van der Waals surface area contributed by atoms with E-state index >= 15 is 0 Å². The Morgan fingerprint density at radius 1 is 1.04 bits per heavy atom. The van der Waals surface area contributed by atoms with Gasteiger partial charge in [0.25, 0.3) is 5.91 Å². The molecular formula is C20H29NO4. The van der Waals surface area contributed by atoms with E-state index in [-0.39, 0.29) is 30.4 Å². The van der Waals surface area contributed by atoms with Crippen molar-refractivity contribution >= 4 is 17.5 Å². The van der Waals surface area contributed by atoms with Crippen LogP contribution in [-0.2, 0) is 14.4 Å². The lowest BCUT2D eigenvalue weighted by molar-refractivity contribution is -0.139. The van der Waals surface area contributed by atoms with Crippen molar-refractivity contribution in [2.75, 3.05) is 0 Å². The smallest absolute Gasteiger partial charge is 0.251 e. The summed E-state index contributed by atoms with van der Waals surface area (Å²) in [6.45, 7) is 6.42. The third-order valence-electron chi connectivity index (χ3n) is 5.60. The second-order valence-corrected chi connectivity index (χ2v) is 7.59. The molecule has 1 saturated carbocycles. The van der Waals surface area contributed by atoms with Crippen LogP contribution in [0.3, 0.4) is 0 Å². The molecule has 0 unspecified atom stereocenters. The molecule has 0 aromatic heterocycles. The molecule has 0 spiro atoms. The average Bonchev–Trinajstić information content (AvgIpc) is 2.59. The van der Waals surface area contributed by atoms with Crippen molar-refractivity contribution in [3.8, 4) is 0 Å². The van der Waals surface area contributed by atoms with Crippen LogP contribution in [0.4, 0.5) is 0 Å². The summed E-state index contributed by atoms with van der Waals surface area (Å²) in [5.74, 6) is -0.674. The normalized spacial score (nSPS) is 22.3. The van der Waals surface area contributed by atoms with Crippen molar-refractivity contribution in [2.24, 2.45) is 0 Å². The first-order valence-corrected chi connectivity index (χ1v) is 9.15. The van der Waals surface area contributed by atoms with Crippen LogP contribution in [0, 0.1) is 0 Å². The Hall–Kier alpha value is -1.75. The van der Waals surface area contributed by atoms with Gasteiger partial charge in [-0.15, -0.1) is 0 Å². The number of carbonyl (C=O) groups excluding carboxylic acids is 3. The van der Waals surface area contributed by atoms with E-state index in [1.807, 2.05) is 0 Å². The van der Waals surface area contributed by atoms with E-state index in [9.17, 15) is 19.5 Å². The molecule has 2 N–H and O–H groups in total. The lowest BCUT2D eigenvalue weighted by atomic mass is 9.82. The standard InChI is InChI=1S/C20H29NO4/c1-12-13(2)18(23)16(14(3)17(12)22)10-11-20(4,25)19(24)21-15-8-6-5-7-9-15/h15,25H,5-11H2,1-4H3,(H,21,24)/t20-/m1/s1. The number of hydrogen-bond acceptors (Lipinski definition) is 4. The number of allylic oxidation sites excluding steroid dienone is 4. The number of hydrogen-bond donors (Lipinski definition) is 2. The highest BCUT2D eigenvalue weighted by Gasteiger charge is 2.34. The van der Waals surface area contributed by atoms with Gasteiger partial charge in [0.05, 0.1) is 0 Å². The monoisotopic (exact) mass is 347 g/mol. The van der Waals surface area contributed by atoms with Gasteiger partial charge in [-0.2, -0.15) is 0 Å². The summed E-state index contributed by atoms with van der Waals surface area (Å²) in [6.07, 6.45) is 5.61. The minimum Gasteiger partial charge on any atom is -0.380 e. The summed E-state index contributed by atoms with van der Waals surface area (Å²) in [4.78, 5) is 37.1. The van der Waals surface area contributed by atoms with E-state index in [0.717, 1.165) is 25.7 Å². The van der Waals surface area contributed by atoms with Gasteiger partial charge in [-0.25, -0.2) is 0 Å². The summed E-state index contributed by atoms with van der Waals surface area (Å²) < 4.78 is 0. The number of ketones is 2. The molecule has 25 heavy (non-hydrogen) atoms. The third-order valence-corrected chi connectivity index (χ3v) is 5.60. The summed E-state index contributed by atoms with van der Waals surface area (Å²) in [5.41, 5.74) is 0.221. The average molecular weight is 347 g/mol. The fourth-order valence-corrected chi connectivity index (χ4v) is 3.53. The first-order valence-electron chi connectivity index (χ1n) is 9.15. The molecule has 138 valence electrons. The predicted molar refractivity (Wildman–Crippen MR) is 96.0 cm³/mol. The molecule has 1 atom stereocenters. The minimum atomic E-state index is -1.56. The number of amides is 1. The number of aliphatic hydroxyl groups is 1. The van der Waals surface area contributed by atoms with E-state index < -0.39 is 11.5 Å². The molecular weight excluding hydrogens is 318 g/mol. The molecule has 0 heterocycles. The zero-order valence-corrected chi connectivity index (χ0v) is 15.7. The van der Waals surface area contributed by atoms with Gasteiger partial charge >= 0.3 is 0 Å². The maximum absolute atomic E-state index is 12.4. The Morgan fingerprint density at radius 2 is 1.60 bits per heavy atom. The Morgan fingerprint density at radius 3 is 2.20 bits per heavy atom. The van der Waals surface area contributed by atoms with Crippen molar-refractivity contribution < 1.29 is 19.5 Å². The van der Waals surface area contributed by atoms with Gasteiger partial charge in [-0.1, -0.05) is 19.3 Å². The molecule has 2 aliphatic carbocycles.